The molecule has 0 aliphatic rings. The highest BCUT2D eigenvalue weighted by atomic mass is 16.1. The molecule has 5 nitrogen and oxygen atoms in total. The largest absolute Gasteiger partial charge is 0.368 e. The number of carbonyl (C=O) groups is 1. The maximum Gasteiger partial charge on any atom is 0.237 e. The summed E-state index contributed by atoms with van der Waals surface area (Å²) >= 11 is 0. The highest BCUT2D eigenvalue weighted by Crippen LogP contribution is 2.10. The van der Waals surface area contributed by atoms with E-state index in [9.17, 15) is 4.79 Å². The zero-order valence-corrected chi connectivity index (χ0v) is 13.3. The fraction of sp³-hybridized carbons (Fsp3) is 0.929. The first-order valence-corrected chi connectivity index (χ1v) is 7.27. The van der Waals surface area contributed by atoms with Gasteiger partial charge in [-0.1, -0.05) is 13.8 Å². The van der Waals surface area contributed by atoms with Gasteiger partial charge in [0, 0.05) is 19.6 Å². The predicted octanol–water partition coefficient (Wildman–Crippen LogP) is 0.504. The first kappa shape index (κ1) is 18.4. The summed E-state index contributed by atoms with van der Waals surface area (Å²) in [6.45, 7) is 10.9. The van der Waals surface area contributed by atoms with Crippen LogP contribution in [0.5, 0.6) is 0 Å². The Morgan fingerprint density at radius 2 is 1.79 bits per heavy atom. The number of nitrogens with one attached hydrogen (secondary N) is 1. The third-order valence-corrected chi connectivity index (χ3v) is 3.44. The molecule has 0 bridgehead atoms. The number of hydrogen-bond acceptors (Lipinski definition) is 4. The molecule has 0 radical (unpaired) electrons. The minimum Gasteiger partial charge on any atom is -0.368 e. The van der Waals surface area contributed by atoms with Gasteiger partial charge >= 0.3 is 0 Å². The van der Waals surface area contributed by atoms with Crippen LogP contribution >= 0.6 is 0 Å². The molecular formula is C14H32N4O. The molecule has 3 N–H and O–H groups in total. The molecule has 114 valence electrons. The van der Waals surface area contributed by atoms with Crippen LogP contribution in [0.2, 0.25) is 0 Å². The number of nitrogens with two attached hydrogens (primary N) is 1. The van der Waals surface area contributed by atoms with Crippen LogP contribution in [-0.2, 0) is 4.79 Å². The monoisotopic (exact) mass is 272 g/mol. The van der Waals surface area contributed by atoms with Crippen LogP contribution in [0.1, 0.15) is 33.6 Å². The lowest BCUT2D eigenvalue weighted by Crippen LogP contribution is -2.54. The lowest BCUT2D eigenvalue weighted by molar-refractivity contribution is -0.124. The summed E-state index contributed by atoms with van der Waals surface area (Å²) < 4.78 is 0. The van der Waals surface area contributed by atoms with Crippen LogP contribution in [0, 0.1) is 0 Å². The van der Waals surface area contributed by atoms with Crippen molar-refractivity contribution >= 4 is 5.91 Å². The molecular weight excluding hydrogens is 240 g/mol. The van der Waals surface area contributed by atoms with Crippen molar-refractivity contribution in [1.29, 1.82) is 0 Å². The van der Waals surface area contributed by atoms with E-state index in [1.165, 1.54) is 0 Å². The fourth-order valence-electron chi connectivity index (χ4n) is 2.06. The van der Waals surface area contributed by atoms with E-state index in [0.29, 0.717) is 0 Å². The summed E-state index contributed by atoms with van der Waals surface area (Å²) in [5.41, 5.74) is 4.91. The molecule has 1 atom stereocenters. The lowest BCUT2D eigenvalue weighted by Gasteiger charge is -2.31. The molecule has 0 saturated heterocycles. The van der Waals surface area contributed by atoms with Crippen molar-refractivity contribution in [2.75, 3.05) is 46.8 Å². The van der Waals surface area contributed by atoms with Gasteiger partial charge in [0.05, 0.1) is 5.54 Å². The van der Waals surface area contributed by atoms with E-state index in [1.807, 2.05) is 13.8 Å². The van der Waals surface area contributed by atoms with Gasteiger partial charge in [0.15, 0.2) is 0 Å². The molecule has 0 fully saturated rings. The second-order valence-corrected chi connectivity index (χ2v) is 5.62. The molecule has 0 saturated carbocycles. The standard InChI is InChI=1S/C14H32N4O/c1-6-9-18(12-11-17(4)5)10-8-14(3,13(15)19)16-7-2/h16H,6-12H2,1-5H3,(H2,15,19). The van der Waals surface area contributed by atoms with Gasteiger partial charge < -0.3 is 20.9 Å². The van der Waals surface area contributed by atoms with E-state index in [0.717, 1.165) is 45.6 Å². The second kappa shape index (κ2) is 9.28. The first-order valence-electron chi connectivity index (χ1n) is 7.27. The molecule has 0 spiro atoms. The van der Waals surface area contributed by atoms with Gasteiger partial charge in [-0.25, -0.2) is 0 Å². The van der Waals surface area contributed by atoms with Crippen LogP contribution < -0.4 is 11.1 Å². The van der Waals surface area contributed by atoms with Crippen LogP contribution in [-0.4, -0.2) is 68.1 Å². The maximum absolute atomic E-state index is 11.6. The molecule has 0 aromatic carbocycles. The first-order chi connectivity index (χ1) is 8.85. The summed E-state index contributed by atoms with van der Waals surface area (Å²) in [5, 5.41) is 3.21. The number of nitrogens with zero attached hydrogens (tertiary/aromatic N) is 2. The fourth-order valence-corrected chi connectivity index (χ4v) is 2.06. The van der Waals surface area contributed by atoms with Crippen molar-refractivity contribution < 1.29 is 4.79 Å². The Morgan fingerprint density at radius 3 is 2.21 bits per heavy atom. The number of hydrogen-bond donors (Lipinski definition) is 2. The second-order valence-electron chi connectivity index (χ2n) is 5.62. The highest BCUT2D eigenvalue weighted by Gasteiger charge is 2.29. The van der Waals surface area contributed by atoms with Crippen LogP contribution in [0.25, 0.3) is 0 Å². The molecule has 5 heteroatoms. The number of carbonyl (C=O) groups excluding carboxylic acids is 1. The zero-order chi connectivity index (χ0) is 14.9. The summed E-state index contributed by atoms with van der Waals surface area (Å²) in [4.78, 5) is 16.2. The normalized spacial score (nSPS) is 14.9. The Hall–Kier alpha value is -0.650. The minimum atomic E-state index is -0.598. The molecule has 19 heavy (non-hydrogen) atoms. The Morgan fingerprint density at radius 1 is 1.16 bits per heavy atom. The predicted molar refractivity (Wildman–Crippen MR) is 81.2 cm³/mol. The lowest BCUT2D eigenvalue weighted by atomic mass is 9.96. The van der Waals surface area contributed by atoms with E-state index in [4.69, 9.17) is 5.73 Å². The van der Waals surface area contributed by atoms with E-state index >= 15 is 0 Å². The van der Waals surface area contributed by atoms with Gasteiger partial charge in [-0.05, 0) is 47.0 Å². The quantitative estimate of drug-likeness (QED) is 0.575. The third-order valence-electron chi connectivity index (χ3n) is 3.44. The van der Waals surface area contributed by atoms with Crippen LogP contribution in [0.3, 0.4) is 0 Å². The third kappa shape index (κ3) is 7.50. The topological polar surface area (TPSA) is 61.6 Å². The molecule has 1 unspecified atom stereocenters. The van der Waals surface area contributed by atoms with Gasteiger partial charge in [0.1, 0.15) is 0 Å². The van der Waals surface area contributed by atoms with E-state index < -0.39 is 5.54 Å². The van der Waals surface area contributed by atoms with Gasteiger partial charge in [0.25, 0.3) is 0 Å². The molecule has 0 aromatic rings. The SMILES string of the molecule is CCCN(CCN(C)C)CCC(C)(NCC)C(N)=O. The molecule has 0 aromatic heterocycles. The summed E-state index contributed by atoms with van der Waals surface area (Å²) in [6.07, 6.45) is 1.88. The van der Waals surface area contributed by atoms with Crippen molar-refractivity contribution in [1.82, 2.24) is 15.1 Å². The highest BCUT2D eigenvalue weighted by molar-refractivity contribution is 5.84. The average Bonchev–Trinajstić information content (AvgIpc) is 2.32. The number of rotatable bonds is 11. The van der Waals surface area contributed by atoms with E-state index in [-0.39, 0.29) is 5.91 Å². The van der Waals surface area contributed by atoms with Gasteiger partial charge in [-0.3, -0.25) is 4.79 Å². The van der Waals surface area contributed by atoms with Crippen molar-refractivity contribution in [3.63, 3.8) is 0 Å². The zero-order valence-electron chi connectivity index (χ0n) is 13.3. The van der Waals surface area contributed by atoms with Gasteiger partial charge in [-0.2, -0.15) is 0 Å². The summed E-state index contributed by atoms with van der Waals surface area (Å²) in [5.74, 6) is -0.265. The molecule has 0 rings (SSSR count). The smallest absolute Gasteiger partial charge is 0.237 e. The van der Waals surface area contributed by atoms with Gasteiger partial charge in [0.2, 0.25) is 5.91 Å². The van der Waals surface area contributed by atoms with Crippen LogP contribution in [0.4, 0.5) is 0 Å². The van der Waals surface area contributed by atoms with Crippen molar-refractivity contribution in [3.05, 3.63) is 0 Å². The summed E-state index contributed by atoms with van der Waals surface area (Å²) in [7, 11) is 4.16. The maximum atomic E-state index is 11.6. The number of amides is 1. The van der Waals surface area contributed by atoms with Crippen molar-refractivity contribution in [3.8, 4) is 0 Å². The summed E-state index contributed by atoms with van der Waals surface area (Å²) in [6, 6.07) is 0. The Labute approximate surface area is 118 Å². The Kier molecular flexibility index (Phi) is 8.97. The molecule has 0 aliphatic heterocycles. The Bertz CT molecular complexity index is 258. The minimum absolute atomic E-state index is 0.265. The molecule has 0 aliphatic carbocycles. The van der Waals surface area contributed by atoms with Crippen molar-refractivity contribution in [2.24, 2.45) is 5.73 Å². The van der Waals surface area contributed by atoms with Gasteiger partial charge in [-0.15, -0.1) is 0 Å². The molecule has 1 amide bonds. The number of likely N-dealkylation sites (N-methyl/N-ethyl adjacent to an activating group) is 2. The average molecular weight is 272 g/mol. The van der Waals surface area contributed by atoms with E-state index in [1.54, 1.807) is 0 Å². The Balaban J connectivity index is 4.37. The number of primary amides is 1. The van der Waals surface area contributed by atoms with Crippen LogP contribution in [0.15, 0.2) is 0 Å². The van der Waals surface area contributed by atoms with E-state index in [2.05, 4.69) is 36.1 Å². The molecule has 0 heterocycles. The van der Waals surface area contributed by atoms with Crippen molar-refractivity contribution in [2.45, 2.75) is 39.2 Å².